The van der Waals surface area contributed by atoms with E-state index in [2.05, 4.69) is 17.4 Å². The van der Waals surface area contributed by atoms with E-state index in [1.807, 2.05) is 127 Å². The van der Waals surface area contributed by atoms with Gasteiger partial charge < -0.3 is 38.3 Å². The average Bonchev–Trinajstić information content (AvgIpc) is 3.82. The van der Waals surface area contributed by atoms with Crippen LogP contribution in [0.25, 0.3) is 11.1 Å². The largest absolute Gasteiger partial charge is 0.497 e. The third-order valence-electron chi connectivity index (χ3n) is 12.4. The predicted octanol–water partition coefficient (Wildman–Crippen LogP) is 11.1. The Labute approximate surface area is 398 Å². The maximum atomic E-state index is 14.4. The highest BCUT2D eigenvalue weighted by Crippen LogP contribution is 2.49. The summed E-state index contributed by atoms with van der Waals surface area (Å²) in [5, 5.41) is 2.91. The Morgan fingerprint density at radius 2 is 1.16 bits per heavy atom. The van der Waals surface area contributed by atoms with E-state index < -0.39 is 55.0 Å². The number of fused-ring (bicyclic) bond motifs is 3. The van der Waals surface area contributed by atoms with Gasteiger partial charge in [-0.05, 0) is 109 Å². The molecule has 3 unspecified atom stereocenters. The molecule has 1 N–H and O–H groups in total. The van der Waals surface area contributed by atoms with E-state index in [-0.39, 0.29) is 31.5 Å². The number of carbonyl (C=O) groups is 2. The van der Waals surface area contributed by atoms with E-state index in [0.29, 0.717) is 0 Å². The fourth-order valence-electron chi connectivity index (χ4n) is 8.90. The molecular formula is C55H58NO11P. The first-order valence-corrected chi connectivity index (χ1v) is 24.7. The van der Waals surface area contributed by atoms with E-state index >= 15 is 0 Å². The summed E-state index contributed by atoms with van der Waals surface area (Å²) in [7, 11) is -0.684. The van der Waals surface area contributed by atoms with Gasteiger partial charge in [-0.3, -0.25) is 9.32 Å². The second kappa shape index (κ2) is 20.4. The van der Waals surface area contributed by atoms with Crippen LogP contribution in [0.15, 0.2) is 152 Å². The van der Waals surface area contributed by atoms with Crippen molar-refractivity contribution in [3.05, 3.63) is 185 Å². The molecule has 13 heteroatoms. The molecule has 1 aliphatic carbocycles. The van der Waals surface area contributed by atoms with Crippen molar-refractivity contribution in [1.82, 2.24) is 5.32 Å². The second-order valence-corrected chi connectivity index (χ2v) is 20.0. The first-order valence-electron chi connectivity index (χ1n) is 22.7. The first kappa shape index (κ1) is 48.0. The molecule has 6 aromatic rings. The van der Waals surface area contributed by atoms with E-state index in [0.717, 1.165) is 56.0 Å². The summed E-state index contributed by atoms with van der Waals surface area (Å²) >= 11 is 0. The van der Waals surface area contributed by atoms with Gasteiger partial charge in [-0.1, -0.05) is 115 Å². The number of nitrogens with one attached hydrogen (secondary N) is 1. The Morgan fingerprint density at radius 1 is 0.647 bits per heavy atom. The third kappa shape index (κ3) is 10.5. The number of ether oxygens (including phenoxy) is 6. The molecule has 1 aliphatic heterocycles. The Morgan fingerprint density at radius 3 is 1.71 bits per heavy atom. The van der Waals surface area contributed by atoms with Crippen molar-refractivity contribution in [2.75, 3.05) is 34.1 Å². The number of esters is 1. The summed E-state index contributed by atoms with van der Waals surface area (Å²) in [6, 6.07) is 48.1. The van der Waals surface area contributed by atoms with Crippen LogP contribution in [0.2, 0.25) is 0 Å². The molecule has 1 heterocycles. The summed E-state index contributed by atoms with van der Waals surface area (Å²) in [6.07, 6.45) is -3.29. The Bertz CT molecular complexity index is 2630. The van der Waals surface area contributed by atoms with E-state index in [9.17, 15) is 14.2 Å². The Balaban J connectivity index is 0.986. The smallest absolute Gasteiger partial charge is 0.407 e. The number of hydrogen-bond acceptors (Lipinski definition) is 11. The van der Waals surface area contributed by atoms with E-state index in [1.54, 1.807) is 54.0 Å². The van der Waals surface area contributed by atoms with Crippen LogP contribution >= 0.6 is 7.60 Å². The molecule has 1 saturated heterocycles. The number of carbonyl (C=O) groups excluding carboxylic acids is 2. The monoisotopic (exact) mass is 939 g/mol. The maximum absolute atomic E-state index is 14.4. The van der Waals surface area contributed by atoms with Crippen LogP contribution in [0.4, 0.5) is 4.79 Å². The topological polar surface area (TPSA) is 137 Å². The number of amides is 1. The van der Waals surface area contributed by atoms with Crippen LogP contribution in [-0.2, 0) is 45.0 Å². The van der Waals surface area contributed by atoms with Crippen molar-refractivity contribution in [2.24, 2.45) is 5.41 Å². The van der Waals surface area contributed by atoms with Crippen molar-refractivity contribution >= 4 is 19.7 Å². The lowest BCUT2D eigenvalue weighted by atomic mass is 9.80. The van der Waals surface area contributed by atoms with Crippen molar-refractivity contribution < 1.29 is 51.6 Å². The van der Waals surface area contributed by atoms with Crippen LogP contribution < -0.4 is 19.3 Å². The number of hydrogen-bond donors (Lipinski definition) is 1. The highest BCUT2D eigenvalue weighted by atomic mass is 31.2. The van der Waals surface area contributed by atoms with Crippen molar-refractivity contribution in [3.8, 4) is 28.4 Å². The summed E-state index contributed by atoms with van der Waals surface area (Å²) in [5.41, 5.74) is 6.07. The quantitative estimate of drug-likeness (QED) is 0.0531. The highest BCUT2D eigenvalue weighted by Gasteiger charge is 2.48. The summed E-state index contributed by atoms with van der Waals surface area (Å²) < 4.78 is 62.6. The van der Waals surface area contributed by atoms with Crippen molar-refractivity contribution in [1.29, 1.82) is 0 Å². The van der Waals surface area contributed by atoms with E-state index in [1.165, 1.54) is 6.66 Å². The molecule has 6 aromatic carbocycles. The van der Waals surface area contributed by atoms with Crippen molar-refractivity contribution in [2.45, 2.75) is 70.2 Å². The average molecular weight is 940 g/mol. The van der Waals surface area contributed by atoms with Crippen LogP contribution in [0.3, 0.4) is 0 Å². The van der Waals surface area contributed by atoms with Gasteiger partial charge in [0.25, 0.3) is 0 Å². The van der Waals surface area contributed by atoms with Gasteiger partial charge in [0.1, 0.15) is 48.3 Å². The maximum Gasteiger partial charge on any atom is 0.407 e. The number of alkyl carbamates (subject to hydrolysis) is 1. The van der Waals surface area contributed by atoms with Gasteiger partial charge in [-0.2, -0.15) is 0 Å². The van der Waals surface area contributed by atoms with Crippen LogP contribution in [0.1, 0.15) is 67.0 Å². The molecule has 8 rings (SSSR count). The normalized spacial score (nSPS) is 18.7. The lowest BCUT2D eigenvalue weighted by Crippen LogP contribution is -2.49. The molecular weight excluding hydrogens is 882 g/mol. The molecule has 2 aliphatic rings. The standard InChI is InChI=1S/C55H58NO11P/c1-36-50(56-53(58)63-34-48-46-19-13-11-17-44(46)45-18-12-14-20-47(45)48)51(49(65-36)35-62-52(57)54(2,3)4)67-68(7,59)66-43-27-21-37(22-28-43)33-64-55(38-15-9-8-10-16-38,39-23-29-41(60-5)30-24-39)40-25-31-42(61-6)32-26-40/h8-32,36,48-51H,33-35H2,1-7H3,(H,56,58)/t36-,49+,50?,51?,68?/m0/s1. The van der Waals surface area contributed by atoms with Crippen LogP contribution in [0.5, 0.6) is 17.2 Å². The zero-order chi connectivity index (χ0) is 48.1. The molecule has 0 aromatic heterocycles. The fraction of sp³-hybridized carbons (Fsp3) is 0.309. The molecule has 68 heavy (non-hydrogen) atoms. The van der Waals surface area contributed by atoms with Gasteiger partial charge in [0, 0.05) is 12.6 Å². The lowest BCUT2D eigenvalue weighted by molar-refractivity contribution is -0.158. The SMILES string of the molecule is COc1ccc(C(OCc2ccc(OP(C)(=O)OC3C(NC(=O)OCC4c5ccccc5-c5ccccc54)[C@H](C)O[C@@H]3COC(=O)C(C)(C)C)cc2)(c2ccccc2)c2ccc(OC)cc2)cc1. The minimum absolute atomic E-state index is 0.0899. The minimum Gasteiger partial charge on any atom is -0.497 e. The first-order chi connectivity index (χ1) is 32.7. The zero-order valence-corrected chi connectivity index (χ0v) is 40.3. The number of methoxy groups -OCH3 is 2. The van der Waals surface area contributed by atoms with Crippen molar-refractivity contribution in [3.63, 3.8) is 0 Å². The molecule has 0 saturated carbocycles. The molecule has 12 nitrogen and oxygen atoms in total. The number of rotatable bonds is 17. The second-order valence-electron chi connectivity index (χ2n) is 18.1. The molecule has 1 fully saturated rings. The Kier molecular flexibility index (Phi) is 14.4. The van der Waals surface area contributed by atoms with Gasteiger partial charge in [0.15, 0.2) is 0 Å². The van der Waals surface area contributed by atoms with Gasteiger partial charge in [-0.15, -0.1) is 0 Å². The fourth-order valence-corrected chi connectivity index (χ4v) is 10.2. The Hall–Kier alpha value is -6.43. The van der Waals surface area contributed by atoms with Gasteiger partial charge >= 0.3 is 19.7 Å². The zero-order valence-electron chi connectivity index (χ0n) is 39.4. The third-order valence-corrected chi connectivity index (χ3v) is 13.5. The predicted molar refractivity (Wildman–Crippen MR) is 259 cm³/mol. The summed E-state index contributed by atoms with van der Waals surface area (Å²) in [6.45, 7) is 8.42. The summed E-state index contributed by atoms with van der Waals surface area (Å²) in [5.74, 6) is 1.11. The molecule has 0 spiro atoms. The lowest BCUT2D eigenvalue weighted by Gasteiger charge is -2.36. The molecule has 354 valence electrons. The number of benzene rings is 6. The van der Waals surface area contributed by atoms with Crippen LogP contribution in [0, 0.1) is 5.41 Å². The minimum atomic E-state index is -3.95. The molecule has 5 atom stereocenters. The van der Waals surface area contributed by atoms with Gasteiger partial charge in [0.05, 0.1) is 38.4 Å². The van der Waals surface area contributed by atoms with Crippen LogP contribution in [-0.4, -0.2) is 70.5 Å². The highest BCUT2D eigenvalue weighted by molar-refractivity contribution is 7.53. The molecule has 0 radical (unpaired) electrons. The van der Waals surface area contributed by atoms with Gasteiger partial charge in [-0.25, -0.2) is 9.36 Å². The van der Waals surface area contributed by atoms with Gasteiger partial charge in [0.2, 0.25) is 0 Å². The summed E-state index contributed by atoms with van der Waals surface area (Å²) in [4.78, 5) is 26.5. The van der Waals surface area contributed by atoms with E-state index in [4.69, 9.17) is 37.5 Å². The molecule has 0 bridgehead atoms. The molecule has 1 amide bonds.